The number of nitrogens with zero attached hydrogens (tertiary/aromatic N) is 1. The number of methoxy groups -OCH3 is 1. The molecule has 0 atom stereocenters. The van der Waals surface area contributed by atoms with Crippen LogP contribution in [-0.4, -0.2) is 20.5 Å². The number of benzene rings is 1. The van der Waals surface area contributed by atoms with E-state index in [-0.39, 0.29) is 4.90 Å². The summed E-state index contributed by atoms with van der Waals surface area (Å²) in [6.45, 7) is 1.80. The number of thiazole rings is 1. The van der Waals surface area contributed by atoms with Gasteiger partial charge in [0.2, 0.25) is 0 Å². The minimum absolute atomic E-state index is 0.0975. The van der Waals surface area contributed by atoms with Gasteiger partial charge in [-0.05, 0) is 19.1 Å². The monoisotopic (exact) mass is 284 g/mol. The molecule has 0 aliphatic rings. The van der Waals surface area contributed by atoms with Crippen molar-refractivity contribution in [2.75, 3.05) is 11.8 Å². The summed E-state index contributed by atoms with van der Waals surface area (Å²) in [5.41, 5.74) is 0.776. The lowest BCUT2D eigenvalue weighted by atomic mass is 10.3. The Balaban J connectivity index is 2.36. The first-order chi connectivity index (χ1) is 8.53. The van der Waals surface area contributed by atoms with E-state index in [1.54, 1.807) is 30.5 Å². The molecule has 18 heavy (non-hydrogen) atoms. The van der Waals surface area contributed by atoms with Crippen LogP contribution in [0, 0.1) is 6.92 Å². The Morgan fingerprint density at radius 1 is 1.33 bits per heavy atom. The predicted octanol–water partition coefficient (Wildman–Crippen LogP) is 2.26. The first-order valence-corrected chi connectivity index (χ1v) is 7.47. The minimum Gasteiger partial charge on any atom is -0.495 e. The van der Waals surface area contributed by atoms with Gasteiger partial charge in [-0.25, -0.2) is 13.4 Å². The number of aromatic nitrogens is 1. The highest BCUT2D eigenvalue weighted by molar-refractivity contribution is 7.93. The number of aryl methyl sites for hydroxylation is 1. The standard InChI is InChI=1S/C11H12N2O3S2/c1-8-7-17-11(12-8)13-18(14,15)10-6-4-3-5-9(10)16-2/h3-7H,1-2H3,(H,12,13). The molecule has 0 spiro atoms. The van der Waals surface area contributed by atoms with Gasteiger partial charge in [-0.1, -0.05) is 12.1 Å². The second-order valence-electron chi connectivity index (χ2n) is 3.55. The smallest absolute Gasteiger partial charge is 0.267 e. The molecule has 96 valence electrons. The van der Waals surface area contributed by atoms with Crippen molar-refractivity contribution in [3.63, 3.8) is 0 Å². The highest BCUT2D eigenvalue weighted by Crippen LogP contribution is 2.26. The van der Waals surface area contributed by atoms with Crippen molar-refractivity contribution in [3.8, 4) is 5.75 Å². The lowest BCUT2D eigenvalue weighted by Crippen LogP contribution is -2.13. The van der Waals surface area contributed by atoms with Gasteiger partial charge in [0.15, 0.2) is 5.13 Å². The van der Waals surface area contributed by atoms with Crippen molar-refractivity contribution in [2.24, 2.45) is 0 Å². The van der Waals surface area contributed by atoms with Crippen molar-refractivity contribution in [2.45, 2.75) is 11.8 Å². The molecule has 1 aromatic carbocycles. The van der Waals surface area contributed by atoms with E-state index in [9.17, 15) is 8.42 Å². The summed E-state index contributed by atoms with van der Waals surface area (Å²) < 4.78 is 31.8. The second-order valence-corrected chi connectivity index (χ2v) is 6.06. The summed E-state index contributed by atoms with van der Waals surface area (Å²) in [6, 6.07) is 6.44. The van der Waals surface area contributed by atoms with Crippen molar-refractivity contribution in [1.29, 1.82) is 0 Å². The molecule has 0 aliphatic carbocycles. The van der Waals surface area contributed by atoms with Gasteiger partial charge >= 0.3 is 0 Å². The zero-order chi connectivity index (χ0) is 13.2. The molecule has 5 nitrogen and oxygen atoms in total. The molecule has 1 heterocycles. The Morgan fingerprint density at radius 2 is 2.06 bits per heavy atom. The van der Waals surface area contributed by atoms with Crippen LogP contribution in [0.3, 0.4) is 0 Å². The third-order valence-corrected chi connectivity index (χ3v) is 4.58. The highest BCUT2D eigenvalue weighted by atomic mass is 32.2. The number of nitrogens with one attached hydrogen (secondary N) is 1. The Hall–Kier alpha value is -1.60. The number of para-hydroxylation sites is 1. The quantitative estimate of drug-likeness (QED) is 0.935. The van der Waals surface area contributed by atoms with Gasteiger partial charge in [-0.3, -0.25) is 4.72 Å². The van der Waals surface area contributed by atoms with E-state index < -0.39 is 10.0 Å². The van der Waals surface area contributed by atoms with Gasteiger partial charge in [-0.15, -0.1) is 11.3 Å². The number of rotatable bonds is 4. The Bertz CT molecular complexity index is 650. The molecule has 0 unspecified atom stereocenters. The second kappa shape index (κ2) is 4.95. The fourth-order valence-corrected chi connectivity index (χ4v) is 3.52. The lowest BCUT2D eigenvalue weighted by Gasteiger charge is -2.09. The van der Waals surface area contributed by atoms with Crippen molar-refractivity contribution in [3.05, 3.63) is 35.3 Å². The van der Waals surface area contributed by atoms with E-state index in [0.29, 0.717) is 10.9 Å². The summed E-state index contributed by atoms with van der Waals surface area (Å²) in [4.78, 5) is 4.16. The molecule has 0 amide bonds. The number of hydrogen-bond acceptors (Lipinski definition) is 5. The molecular formula is C11H12N2O3S2. The lowest BCUT2D eigenvalue weighted by molar-refractivity contribution is 0.403. The molecule has 1 N–H and O–H groups in total. The zero-order valence-electron chi connectivity index (χ0n) is 9.88. The first kappa shape index (κ1) is 12.8. The molecule has 2 aromatic rings. The van der Waals surface area contributed by atoms with Crippen LogP contribution in [0.2, 0.25) is 0 Å². The minimum atomic E-state index is -3.67. The van der Waals surface area contributed by atoms with E-state index in [0.717, 1.165) is 5.69 Å². The normalized spacial score (nSPS) is 11.2. The summed E-state index contributed by atoms with van der Waals surface area (Å²) >= 11 is 1.24. The molecule has 1 aromatic heterocycles. The van der Waals surface area contributed by atoms with Crippen LogP contribution in [0.15, 0.2) is 34.5 Å². The summed E-state index contributed by atoms with van der Waals surface area (Å²) in [7, 11) is -2.24. The van der Waals surface area contributed by atoms with Gasteiger partial charge in [-0.2, -0.15) is 0 Å². The molecule has 0 bridgehead atoms. The van der Waals surface area contributed by atoms with E-state index in [1.807, 2.05) is 0 Å². The number of sulfonamides is 1. The number of hydrogen-bond donors (Lipinski definition) is 1. The molecule has 2 rings (SSSR count). The Labute approximate surface area is 110 Å². The maximum atomic E-state index is 12.2. The van der Waals surface area contributed by atoms with Crippen LogP contribution >= 0.6 is 11.3 Å². The maximum Gasteiger partial charge on any atom is 0.267 e. The molecular weight excluding hydrogens is 272 g/mol. The number of ether oxygens (including phenoxy) is 1. The third-order valence-electron chi connectivity index (χ3n) is 2.20. The molecule has 0 radical (unpaired) electrons. The Morgan fingerprint density at radius 3 is 2.67 bits per heavy atom. The summed E-state index contributed by atoms with van der Waals surface area (Å²) in [5.74, 6) is 0.304. The van der Waals surface area contributed by atoms with Gasteiger partial charge in [0.1, 0.15) is 10.6 Å². The van der Waals surface area contributed by atoms with Crippen LogP contribution in [0.5, 0.6) is 5.75 Å². The molecule has 7 heteroatoms. The highest BCUT2D eigenvalue weighted by Gasteiger charge is 2.20. The van der Waals surface area contributed by atoms with Gasteiger partial charge < -0.3 is 4.74 Å². The van der Waals surface area contributed by atoms with E-state index in [2.05, 4.69) is 9.71 Å². The maximum absolute atomic E-state index is 12.2. The van der Waals surface area contributed by atoms with Crippen molar-refractivity contribution in [1.82, 2.24) is 4.98 Å². The van der Waals surface area contributed by atoms with Crippen LogP contribution in [0.4, 0.5) is 5.13 Å². The average molecular weight is 284 g/mol. The fraction of sp³-hybridized carbons (Fsp3) is 0.182. The first-order valence-electron chi connectivity index (χ1n) is 5.11. The third kappa shape index (κ3) is 2.62. The van der Waals surface area contributed by atoms with Crippen LogP contribution in [-0.2, 0) is 10.0 Å². The van der Waals surface area contributed by atoms with E-state index in [4.69, 9.17) is 4.74 Å². The largest absolute Gasteiger partial charge is 0.495 e. The molecule has 0 aliphatic heterocycles. The zero-order valence-corrected chi connectivity index (χ0v) is 11.5. The SMILES string of the molecule is COc1ccccc1S(=O)(=O)Nc1nc(C)cs1. The molecule has 0 saturated carbocycles. The van der Waals surface area contributed by atoms with Crippen LogP contribution in [0.25, 0.3) is 0 Å². The topological polar surface area (TPSA) is 68.3 Å². The van der Waals surface area contributed by atoms with Crippen LogP contribution in [0.1, 0.15) is 5.69 Å². The Kier molecular flexibility index (Phi) is 3.53. The van der Waals surface area contributed by atoms with Crippen LogP contribution < -0.4 is 9.46 Å². The van der Waals surface area contributed by atoms with Gasteiger partial charge in [0.25, 0.3) is 10.0 Å². The van der Waals surface area contributed by atoms with E-state index in [1.165, 1.54) is 24.5 Å². The van der Waals surface area contributed by atoms with Crippen molar-refractivity contribution >= 4 is 26.5 Å². The fourth-order valence-electron chi connectivity index (χ4n) is 1.41. The summed E-state index contributed by atoms with van der Waals surface area (Å²) in [5, 5.41) is 2.12. The molecule has 0 saturated heterocycles. The van der Waals surface area contributed by atoms with E-state index >= 15 is 0 Å². The van der Waals surface area contributed by atoms with Gasteiger partial charge in [0, 0.05) is 5.38 Å². The van der Waals surface area contributed by atoms with Gasteiger partial charge in [0.05, 0.1) is 12.8 Å². The van der Waals surface area contributed by atoms with Crippen molar-refractivity contribution < 1.29 is 13.2 Å². The summed E-state index contributed by atoms with van der Waals surface area (Å²) in [6.07, 6.45) is 0. The number of anilines is 1. The average Bonchev–Trinajstić information content (AvgIpc) is 2.74. The molecule has 0 fully saturated rings. The predicted molar refractivity (Wildman–Crippen MR) is 70.7 cm³/mol.